The van der Waals surface area contributed by atoms with Gasteiger partial charge in [0.25, 0.3) is 0 Å². The van der Waals surface area contributed by atoms with E-state index in [-0.39, 0.29) is 12.7 Å². The van der Waals surface area contributed by atoms with Gasteiger partial charge < -0.3 is 19.3 Å². The van der Waals surface area contributed by atoms with E-state index in [1.165, 1.54) is 0 Å². The van der Waals surface area contributed by atoms with Crippen LogP contribution in [0, 0.1) is 11.8 Å². The molecule has 1 aliphatic heterocycles. The zero-order chi connectivity index (χ0) is 15.6. The number of ether oxygens (including phenoxy) is 3. The first-order valence-corrected chi connectivity index (χ1v) is 7.68. The van der Waals surface area contributed by atoms with Crippen molar-refractivity contribution in [2.45, 2.75) is 26.9 Å². The minimum atomic E-state index is -0.963. The molecule has 0 saturated carbocycles. The van der Waals surface area contributed by atoms with E-state index >= 15 is 0 Å². The third-order valence-corrected chi connectivity index (χ3v) is 4.00. The van der Waals surface area contributed by atoms with Crippen LogP contribution in [0.4, 0.5) is 0 Å². The second kappa shape index (κ2) is 6.66. The first-order chi connectivity index (χ1) is 9.95. The van der Waals surface area contributed by atoms with Gasteiger partial charge in [-0.3, -0.25) is 4.79 Å². The van der Waals surface area contributed by atoms with E-state index in [1.807, 2.05) is 13.8 Å². The standard InChI is InChI=1S/C15H19BrO5/c1-4-19-15(18)12(8(2)3)13(17)9-5-10(16)14-11(6-9)20-7-21-14/h5-6,8,12-13,17H,4,7H2,1-3H3. The Morgan fingerprint density at radius 3 is 2.76 bits per heavy atom. The number of benzene rings is 1. The SMILES string of the molecule is CCOC(=O)C(C(C)C)C(O)c1cc(Br)c2c(c1)OCO2. The third-order valence-electron chi connectivity index (χ3n) is 3.41. The van der Waals surface area contributed by atoms with Crippen LogP contribution < -0.4 is 9.47 Å². The lowest BCUT2D eigenvalue weighted by atomic mass is 9.86. The third kappa shape index (κ3) is 3.32. The molecule has 1 N–H and O–H groups in total. The number of fused-ring (bicyclic) bond motifs is 1. The Morgan fingerprint density at radius 2 is 2.14 bits per heavy atom. The summed E-state index contributed by atoms with van der Waals surface area (Å²) in [5, 5.41) is 10.6. The summed E-state index contributed by atoms with van der Waals surface area (Å²) in [7, 11) is 0. The van der Waals surface area contributed by atoms with Crippen LogP contribution in [0.25, 0.3) is 0 Å². The maximum absolute atomic E-state index is 12.1. The highest BCUT2D eigenvalue weighted by molar-refractivity contribution is 9.10. The molecule has 6 heteroatoms. The maximum Gasteiger partial charge on any atom is 0.312 e. The molecule has 0 fully saturated rings. The van der Waals surface area contributed by atoms with Crippen molar-refractivity contribution >= 4 is 21.9 Å². The second-order valence-corrected chi connectivity index (χ2v) is 6.06. The summed E-state index contributed by atoms with van der Waals surface area (Å²) in [4.78, 5) is 12.1. The van der Waals surface area contributed by atoms with Gasteiger partial charge in [0.1, 0.15) is 0 Å². The topological polar surface area (TPSA) is 65.0 Å². The first kappa shape index (κ1) is 16.1. The van der Waals surface area contributed by atoms with E-state index in [0.29, 0.717) is 28.1 Å². The summed E-state index contributed by atoms with van der Waals surface area (Å²) >= 11 is 3.39. The number of hydrogen-bond donors (Lipinski definition) is 1. The van der Waals surface area contributed by atoms with Crippen LogP contribution in [0.1, 0.15) is 32.4 Å². The molecular formula is C15H19BrO5. The molecule has 2 unspecified atom stereocenters. The molecule has 1 heterocycles. The number of carbonyl (C=O) groups is 1. The molecule has 1 aromatic rings. The van der Waals surface area contributed by atoms with Gasteiger partial charge in [-0.05, 0) is 46.5 Å². The van der Waals surface area contributed by atoms with Crippen LogP contribution in [0.2, 0.25) is 0 Å². The monoisotopic (exact) mass is 358 g/mol. The van der Waals surface area contributed by atoms with Crippen molar-refractivity contribution in [3.63, 3.8) is 0 Å². The Labute approximate surface area is 132 Å². The van der Waals surface area contributed by atoms with E-state index in [0.717, 1.165) is 0 Å². The average Bonchev–Trinajstić information content (AvgIpc) is 2.87. The summed E-state index contributed by atoms with van der Waals surface area (Å²) in [6.45, 7) is 5.96. The van der Waals surface area contributed by atoms with Gasteiger partial charge in [0, 0.05) is 0 Å². The fraction of sp³-hybridized carbons (Fsp3) is 0.533. The Hall–Kier alpha value is -1.27. The van der Waals surface area contributed by atoms with Crippen molar-refractivity contribution in [3.05, 3.63) is 22.2 Å². The number of halogens is 1. The van der Waals surface area contributed by atoms with E-state index in [4.69, 9.17) is 14.2 Å². The normalized spacial score (nSPS) is 15.9. The van der Waals surface area contributed by atoms with Crippen molar-refractivity contribution in [1.82, 2.24) is 0 Å². The number of esters is 1. The van der Waals surface area contributed by atoms with Crippen LogP contribution >= 0.6 is 15.9 Å². The number of rotatable bonds is 5. The average molecular weight is 359 g/mol. The van der Waals surface area contributed by atoms with Gasteiger partial charge in [-0.25, -0.2) is 0 Å². The molecule has 0 aliphatic carbocycles. The van der Waals surface area contributed by atoms with Gasteiger partial charge in [0.15, 0.2) is 11.5 Å². The summed E-state index contributed by atoms with van der Waals surface area (Å²) in [6, 6.07) is 3.44. The Bertz CT molecular complexity index is 529. The molecule has 21 heavy (non-hydrogen) atoms. The number of carbonyl (C=O) groups excluding carboxylic acids is 1. The van der Waals surface area contributed by atoms with E-state index in [1.54, 1.807) is 19.1 Å². The molecule has 0 radical (unpaired) electrons. The van der Waals surface area contributed by atoms with Crippen LogP contribution in [0.5, 0.6) is 11.5 Å². The number of hydrogen-bond acceptors (Lipinski definition) is 5. The molecule has 5 nitrogen and oxygen atoms in total. The lowest BCUT2D eigenvalue weighted by molar-refractivity contribution is -0.154. The Balaban J connectivity index is 2.31. The molecule has 0 aromatic heterocycles. The fourth-order valence-electron chi connectivity index (χ4n) is 2.37. The van der Waals surface area contributed by atoms with E-state index in [2.05, 4.69) is 15.9 Å². The highest BCUT2D eigenvalue weighted by Gasteiger charge is 2.33. The second-order valence-electron chi connectivity index (χ2n) is 5.20. The molecule has 116 valence electrons. The smallest absolute Gasteiger partial charge is 0.312 e. The Morgan fingerprint density at radius 1 is 1.43 bits per heavy atom. The molecule has 0 bridgehead atoms. The zero-order valence-electron chi connectivity index (χ0n) is 12.3. The first-order valence-electron chi connectivity index (χ1n) is 6.89. The van der Waals surface area contributed by atoms with Gasteiger partial charge in [0.05, 0.1) is 23.1 Å². The highest BCUT2D eigenvalue weighted by atomic mass is 79.9. The summed E-state index contributed by atoms with van der Waals surface area (Å²) in [5.74, 6) is 0.0993. The van der Waals surface area contributed by atoms with Crippen molar-refractivity contribution in [2.24, 2.45) is 11.8 Å². The van der Waals surface area contributed by atoms with Crippen LogP contribution in [-0.4, -0.2) is 24.5 Å². The summed E-state index contributed by atoms with van der Waals surface area (Å²) < 4.78 is 16.4. The van der Waals surface area contributed by atoms with Gasteiger partial charge in [-0.1, -0.05) is 13.8 Å². The lowest BCUT2D eigenvalue weighted by Gasteiger charge is -2.25. The molecule has 0 saturated heterocycles. The van der Waals surface area contributed by atoms with E-state index in [9.17, 15) is 9.90 Å². The number of aliphatic hydroxyl groups excluding tert-OH is 1. The van der Waals surface area contributed by atoms with Crippen molar-refractivity contribution in [2.75, 3.05) is 13.4 Å². The minimum absolute atomic E-state index is 0.0525. The summed E-state index contributed by atoms with van der Waals surface area (Å²) in [5.41, 5.74) is 0.595. The fourth-order valence-corrected chi connectivity index (χ4v) is 2.94. The molecule has 0 amide bonds. The van der Waals surface area contributed by atoms with Crippen LogP contribution in [-0.2, 0) is 9.53 Å². The van der Waals surface area contributed by atoms with Gasteiger partial charge >= 0.3 is 5.97 Å². The molecule has 2 atom stereocenters. The molecule has 0 spiro atoms. The quantitative estimate of drug-likeness (QED) is 0.819. The maximum atomic E-state index is 12.1. The summed E-state index contributed by atoms with van der Waals surface area (Å²) in [6.07, 6.45) is -0.963. The zero-order valence-corrected chi connectivity index (χ0v) is 13.8. The number of aliphatic hydroxyl groups is 1. The Kier molecular flexibility index (Phi) is 5.11. The molecule has 1 aromatic carbocycles. The van der Waals surface area contributed by atoms with Gasteiger partial charge in [-0.15, -0.1) is 0 Å². The van der Waals surface area contributed by atoms with Crippen LogP contribution in [0.3, 0.4) is 0 Å². The molecule has 1 aliphatic rings. The van der Waals surface area contributed by atoms with Crippen molar-refractivity contribution in [3.8, 4) is 11.5 Å². The molecule has 2 rings (SSSR count). The van der Waals surface area contributed by atoms with Crippen molar-refractivity contribution < 1.29 is 24.1 Å². The predicted molar refractivity (Wildman–Crippen MR) is 80.2 cm³/mol. The largest absolute Gasteiger partial charge is 0.466 e. The van der Waals surface area contributed by atoms with E-state index < -0.39 is 18.0 Å². The minimum Gasteiger partial charge on any atom is -0.466 e. The van der Waals surface area contributed by atoms with Crippen molar-refractivity contribution in [1.29, 1.82) is 0 Å². The highest BCUT2D eigenvalue weighted by Crippen LogP contribution is 2.42. The van der Waals surface area contributed by atoms with Gasteiger partial charge in [-0.2, -0.15) is 0 Å². The van der Waals surface area contributed by atoms with Crippen LogP contribution in [0.15, 0.2) is 16.6 Å². The predicted octanol–water partition coefficient (Wildman–Crippen LogP) is 3.05. The lowest BCUT2D eigenvalue weighted by Crippen LogP contribution is -2.29. The van der Waals surface area contributed by atoms with Gasteiger partial charge in [0.2, 0.25) is 6.79 Å². The molecular weight excluding hydrogens is 340 g/mol.